The van der Waals surface area contributed by atoms with E-state index >= 15 is 0 Å². The number of unbranched alkanes of at least 4 members (excludes halogenated alkanes) is 1. The van der Waals surface area contributed by atoms with Gasteiger partial charge in [-0.05, 0) is 12.5 Å². The average molecular weight is 320 g/mol. The molecule has 0 N–H and O–H groups in total. The second kappa shape index (κ2) is 6.38. The van der Waals surface area contributed by atoms with Crippen molar-refractivity contribution in [1.29, 1.82) is 0 Å². The minimum atomic E-state index is -4.52. The van der Waals surface area contributed by atoms with E-state index in [1.807, 2.05) is 6.92 Å². The zero-order chi connectivity index (χ0) is 15.5. The van der Waals surface area contributed by atoms with Crippen molar-refractivity contribution in [2.75, 3.05) is 6.61 Å². The zero-order valence-electron chi connectivity index (χ0n) is 11.1. The fraction of sp³-hybridized carbons (Fsp3) is 0.385. The maximum Gasteiger partial charge on any atom is 0.443 e. The van der Waals surface area contributed by atoms with E-state index in [0.717, 1.165) is 25.1 Å². The van der Waals surface area contributed by atoms with Crippen LogP contribution in [0.1, 0.15) is 24.8 Å². The molecule has 0 radical (unpaired) electrons. The molecule has 0 aliphatic rings. The second-order valence-electron chi connectivity index (χ2n) is 4.24. The predicted octanol–water partition coefficient (Wildman–Crippen LogP) is 4.54. The van der Waals surface area contributed by atoms with Gasteiger partial charge in [0.05, 0.1) is 24.1 Å². The van der Waals surface area contributed by atoms with Gasteiger partial charge in [0.2, 0.25) is 5.88 Å². The molecule has 2 aromatic heterocycles. The molecule has 21 heavy (non-hydrogen) atoms. The van der Waals surface area contributed by atoms with E-state index < -0.39 is 17.0 Å². The highest BCUT2D eigenvalue weighted by atomic mass is 32.1. The van der Waals surface area contributed by atoms with Crippen LogP contribution in [0.3, 0.4) is 0 Å². The molecule has 2 heterocycles. The number of rotatable bonds is 5. The number of hydrogen-bond donors (Lipinski definition) is 0. The molecular formula is C13H12F4N2OS. The highest BCUT2D eigenvalue weighted by Crippen LogP contribution is 2.36. The summed E-state index contributed by atoms with van der Waals surface area (Å²) in [6.07, 6.45) is -1.90. The molecule has 0 saturated heterocycles. The van der Waals surface area contributed by atoms with Gasteiger partial charge < -0.3 is 4.74 Å². The van der Waals surface area contributed by atoms with Gasteiger partial charge in [-0.2, -0.15) is 13.2 Å². The molecule has 8 heteroatoms. The summed E-state index contributed by atoms with van der Waals surface area (Å²) >= 11 is 0.452. The Hall–Kier alpha value is -1.70. The van der Waals surface area contributed by atoms with Crippen LogP contribution in [0.5, 0.6) is 5.88 Å². The number of aromatic nitrogens is 2. The second-order valence-corrected chi connectivity index (χ2v) is 5.10. The molecule has 0 unspecified atom stereocenters. The highest BCUT2D eigenvalue weighted by Gasteiger charge is 2.35. The lowest BCUT2D eigenvalue weighted by molar-refractivity contribution is -0.137. The highest BCUT2D eigenvalue weighted by molar-refractivity contribution is 7.10. The van der Waals surface area contributed by atoms with Gasteiger partial charge in [0.15, 0.2) is 5.01 Å². The third-order valence-electron chi connectivity index (χ3n) is 2.58. The van der Waals surface area contributed by atoms with Gasteiger partial charge in [0.25, 0.3) is 0 Å². The molecule has 0 aromatic carbocycles. The van der Waals surface area contributed by atoms with E-state index in [0.29, 0.717) is 17.9 Å². The van der Waals surface area contributed by atoms with Crippen LogP contribution in [0, 0.1) is 5.82 Å². The molecule has 0 atom stereocenters. The number of hydrogen-bond acceptors (Lipinski definition) is 4. The summed E-state index contributed by atoms with van der Waals surface area (Å²) in [5.41, 5.74) is 0.128. The lowest BCUT2D eigenvalue weighted by Crippen LogP contribution is -2.04. The van der Waals surface area contributed by atoms with Crippen LogP contribution in [0.15, 0.2) is 17.6 Å². The Labute approximate surface area is 122 Å². The zero-order valence-corrected chi connectivity index (χ0v) is 11.9. The molecule has 2 aromatic rings. The summed E-state index contributed by atoms with van der Waals surface area (Å²) in [5, 5.41) is 0.229. The van der Waals surface area contributed by atoms with Gasteiger partial charge in [0, 0.05) is 5.38 Å². The minimum Gasteiger partial charge on any atom is -0.477 e. The summed E-state index contributed by atoms with van der Waals surface area (Å²) in [6, 6.07) is 1.07. The Morgan fingerprint density at radius 1 is 1.33 bits per heavy atom. The van der Waals surface area contributed by atoms with E-state index in [-0.39, 0.29) is 17.1 Å². The molecule has 0 aliphatic heterocycles. The van der Waals surface area contributed by atoms with E-state index in [1.165, 1.54) is 5.38 Å². The third-order valence-corrected chi connectivity index (χ3v) is 3.46. The Balaban J connectivity index is 2.33. The monoisotopic (exact) mass is 320 g/mol. The van der Waals surface area contributed by atoms with Crippen LogP contribution in [0.2, 0.25) is 0 Å². The minimum absolute atomic E-state index is 0.00539. The average Bonchev–Trinajstić information content (AvgIpc) is 2.90. The number of pyridine rings is 1. The van der Waals surface area contributed by atoms with Crippen molar-refractivity contribution in [3.8, 4) is 17.1 Å². The van der Waals surface area contributed by atoms with Crippen molar-refractivity contribution in [3.05, 3.63) is 28.5 Å². The Kier molecular flexibility index (Phi) is 4.76. The van der Waals surface area contributed by atoms with Crippen LogP contribution in [-0.2, 0) is 6.18 Å². The number of nitrogens with zero attached hydrogens (tertiary/aromatic N) is 2. The first-order chi connectivity index (χ1) is 9.91. The normalized spacial score (nSPS) is 11.7. The largest absolute Gasteiger partial charge is 0.477 e. The number of ether oxygens (including phenoxy) is 1. The first kappa shape index (κ1) is 15.7. The Bertz CT molecular complexity index is 612. The maximum absolute atomic E-state index is 13.3. The van der Waals surface area contributed by atoms with E-state index in [1.54, 1.807) is 0 Å². The smallest absolute Gasteiger partial charge is 0.443 e. The molecule has 0 aliphatic carbocycles. The molecule has 114 valence electrons. The fourth-order valence-corrected chi connectivity index (χ4v) is 2.25. The summed E-state index contributed by atoms with van der Waals surface area (Å²) in [7, 11) is 0. The first-order valence-corrected chi connectivity index (χ1v) is 7.11. The maximum atomic E-state index is 13.3. The Morgan fingerprint density at radius 2 is 2.10 bits per heavy atom. The first-order valence-electron chi connectivity index (χ1n) is 6.23. The topological polar surface area (TPSA) is 35.0 Å². The van der Waals surface area contributed by atoms with Crippen LogP contribution >= 0.6 is 11.3 Å². The van der Waals surface area contributed by atoms with Gasteiger partial charge >= 0.3 is 6.18 Å². The molecular weight excluding hydrogens is 308 g/mol. The summed E-state index contributed by atoms with van der Waals surface area (Å²) < 4.78 is 56.4. The van der Waals surface area contributed by atoms with Crippen LogP contribution in [0.25, 0.3) is 11.3 Å². The van der Waals surface area contributed by atoms with Gasteiger partial charge in [-0.3, -0.25) is 0 Å². The fourth-order valence-electron chi connectivity index (χ4n) is 1.57. The van der Waals surface area contributed by atoms with Gasteiger partial charge in [-0.25, -0.2) is 14.4 Å². The number of alkyl halides is 3. The molecule has 0 amide bonds. The molecule has 2 rings (SSSR count). The number of thiazole rings is 1. The summed E-state index contributed by atoms with van der Waals surface area (Å²) in [5.74, 6) is -0.571. The van der Waals surface area contributed by atoms with Crippen LogP contribution in [-0.4, -0.2) is 16.6 Å². The lowest BCUT2D eigenvalue weighted by Gasteiger charge is -2.08. The molecule has 3 nitrogen and oxygen atoms in total. The summed E-state index contributed by atoms with van der Waals surface area (Å²) in [6.45, 7) is 2.33. The van der Waals surface area contributed by atoms with E-state index in [2.05, 4.69) is 9.97 Å². The molecule has 0 saturated carbocycles. The lowest BCUT2D eigenvalue weighted by atomic mass is 10.2. The van der Waals surface area contributed by atoms with Crippen LogP contribution < -0.4 is 4.74 Å². The van der Waals surface area contributed by atoms with Crippen molar-refractivity contribution in [2.45, 2.75) is 25.9 Å². The molecule has 0 bridgehead atoms. The Morgan fingerprint density at radius 3 is 2.71 bits per heavy atom. The van der Waals surface area contributed by atoms with Crippen molar-refractivity contribution >= 4 is 11.3 Å². The quantitative estimate of drug-likeness (QED) is 0.599. The van der Waals surface area contributed by atoms with Gasteiger partial charge in [-0.1, -0.05) is 13.3 Å². The molecule has 0 fully saturated rings. The van der Waals surface area contributed by atoms with Crippen molar-refractivity contribution in [1.82, 2.24) is 9.97 Å². The summed E-state index contributed by atoms with van der Waals surface area (Å²) in [4.78, 5) is 7.27. The van der Waals surface area contributed by atoms with Crippen LogP contribution in [0.4, 0.5) is 17.6 Å². The van der Waals surface area contributed by atoms with Crippen molar-refractivity contribution in [3.63, 3.8) is 0 Å². The van der Waals surface area contributed by atoms with E-state index in [4.69, 9.17) is 4.74 Å². The van der Waals surface area contributed by atoms with Crippen molar-refractivity contribution < 1.29 is 22.3 Å². The predicted molar refractivity (Wildman–Crippen MR) is 70.7 cm³/mol. The van der Waals surface area contributed by atoms with E-state index in [9.17, 15) is 17.6 Å². The van der Waals surface area contributed by atoms with Crippen molar-refractivity contribution in [2.24, 2.45) is 0 Å². The van der Waals surface area contributed by atoms with Gasteiger partial charge in [-0.15, -0.1) is 11.3 Å². The van der Waals surface area contributed by atoms with Gasteiger partial charge in [0.1, 0.15) is 5.82 Å². The standard InChI is InChI=1S/C13H12F4N2OS/c1-2-3-4-20-11-9(5-8(14)6-18-11)10-7-21-12(19-10)13(15,16)17/h5-7H,2-4H2,1H3. The third kappa shape index (κ3) is 3.90. The molecule has 0 spiro atoms. The number of halogens is 4. The SMILES string of the molecule is CCCCOc1ncc(F)cc1-c1csc(C(F)(F)F)n1.